The number of nitrogens with zero attached hydrogens (tertiary/aromatic N) is 1. The third-order valence-corrected chi connectivity index (χ3v) is 3.50. The molecule has 0 aromatic heterocycles. The maximum absolute atomic E-state index is 13.4. The zero-order valence-electron chi connectivity index (χ0n) is 11.8. The summed E-state index contributed by atoms with van der Waals surface area (Å²) < 4.78 is 50.7. The van der Waals surface area contributed by atoms with E-state index in [9.17, 15) is 22.4 Å². The van der Waals surface area contributed by atoms with Crippen molar-refractivity contribution in [1.82, 2.24) is 10.2 Å². The Morgan fingerprint density at radius 3 is 2.55 bits per heavy atom. The molecule has 4 nitrogen and oxygen atoms in total. The lowest BCUT2D eigenvalue weighted by molar-refractivity contribution is 0.0739. The molecule has 8 heteroatoms. The van der Waals surface area contributed by atoms with E-state index in [0.29, 0.717) is 32.0 Å². The number of nitrogens with one attached hydrogen (secondary N) is 2. The van der Waals surface area contributed by atoms with Crippen LogP contribution in [-0.4, -0.2) is 43.0 Å². The molecule has 1 heterocycles. The highest BCUT2D eigenvalue weighted by atomic mass is 19.3. The minimum atomic E-state index is -2.37. The van der Waals surface area contributed by atoms with E-state index in [2.05, 4.69) is 10.6 Å². The molecule has 1 saturated heterocycles. The van der Waals surface area contributed by atoms with Crippen molar-refractivity contribution in [3.63, 3.8) is 0 Å². The number of rotatable bonds is 4. The van der Waals surface area contributed by atoms with Crippen LogP contribution in [0.5, 0.6) is 0 Å². The molecule has 1 aromatic carbocycles. The summed E-state index contributed by atoms with van der Waals surface area (Å²) in [4.78, 5) is 13.4. The summed E-state index contributed by atoms with van der Waals surface area (Å²) in [5.41, 5.74) is -0.117. The molecule has 0 atom stereocenters. The van der Waals surface area contributed by atoms with E-state index in [4.69, 9.17) is 0 Å². The van der Waals surface area contributed by atoms with Gasteiger partial charge in [-0.05, 0) is 25.0 Å². The molecule has 22 heavy (non-hydrogen) atoms. The number of amides is 2. The van der Waals surface area contributed by atoms with Crippen LogP contribution in [0.3, 0.4) is 0 Å². The maximum atomic E-state index is 13.4. The van der Waals surface area contributed by atoms with Crippen molar-refractivity contribution in [2.45, 2.75) is 25.3 Å². The summed E-state index contributed by atoms with van der Waals surface area (Å²) in [6.45, 7) is 0.681. The van der Waals surface area contributed by atoms with E-state index in [0.717, 1.165) is 12.1 Å². The fourth-order valence-corrected chi connectivity index (χ4v) is 2.39. The second kappa shape index (κ2) is 7.44. The molecule has 0 saturated carbocycles. The molecule has 2 rings (SSSR count). The minimum Gasteiger partial charge on any atom is -0.335 e. The minimum absolute atomic E-state index is 0.117. The number of anilines is 1. The summed E-state index contributed by atoms with van der Waals surface area (Å²) in [6.07, 6.45) is -1.27. The van der Waals surface area contributed by atoms with E-state index in [1.54, 1.807) is 4.90 Å². The third kappa shape index (κ3) is 4.87. The van der Waals surface area contributed by atoms with Crippen molar-refractivity contribution < 1.29 is 22.4 Å². The van der Waals surface area contributed by atoms with Gasteiger partial charge in [-0.15, -0.1) is 0 Å². The zero-order chi connectivity index (χ0) is 16.1. The van der Waals surface area contributed by atoms with E-state index in [1.807, 2.05) is 0 Å². The molecule has 2 N–H and O–H groups in total. The summed E-state index contributed by atoms with van der Waals surface area (Å²) in [6, 6.07) is 2.10. The Morgan fingerprint density at radius 1 is 1.27 bits per heavy atom. The van der Waals surface area contributed by atoms with Crippen molar-refractivity contribution in [3.05, 3.63) is 29.8 Å². The molecule has 122 valence electrons. The topological polar surface area (TPSA) is 44.4 Å². The van der Waals surface area contributed by atoms with Crippen LogP contribution < -0.4 is 10.6 Å². The van der Waals surface area contributed by atoms with Crippen molar-refractivity contribution >= 4 is 11.7 Å². The highest BCUT2D eigenvalue weighted by Crippen LogP contribution is 2.16. The van der Waals surface area contributed by atoms with E-state index < -0.39 is 24.1 Å². The number of likely N-dealkylation sites (tertiary alicyclic amines) is 1. The fraction of sp³-hybridized carbons (Fsp3) is 0.500. The molecule has 0 spiro atoms. The van der Waals surface area contributed by atoms with Gasteiger partial charge in [-0.25, -0.2) is 22.4 Å². The van der Waals surface area contributed by atoms with Crippen LogP contribution in [0.15, 0.2) is 18.2 Å². The van der Waals surface area contributed by atoms with Crippen LogP contribution in [-0.2, 0) is 0 Å². The number of alkyl halides is 2. The lowest BCUT2D eigenvalue weighted by Gasteiger charge is -2.32. The molecule has 1 aliphatic rings. The largest absolute Gasteiger partial charge is 0.335 e. The van der Waals surface area contributed by atoms with Crippen molar-refractivity contribution in [2.24, 2.45) is 0 Å². The SMILES string of the molecule is O=C(Nc1ccc(F)cc1F)NC1CCN(CC(F)F)CC1. The van der Waals surface area contributed by atoms with E-state index in [1.165, 1.54) is 0 Å². The Labute approximate surface area is 125 Å². The Bertz CT molecular complexity index is 519. The van der Waals surface area contributed by atoms with Crippen LogP contribution in [0.25, 0.3) is 0 Å². The van der Waals surface area contributed by atoms with Gasteiger partial charge in [0.25, 0.3) is 6.43 Å². The summed E-state index contributed by atoms with van der Waals surface area (Å²) in [5.74, 6) is -1.59. The van der Waals surface area contributed by atoms with Crippen molar-refractivity contribution in [1.29, 1.82) is 0 Å². The summed E-state index contributed by atoms with van der Waals surface area (Å²) >= 11 is 0. The normalized spacial score (nSPS) is 16.8. The van der Waals surface area contributed by atoms with Gasteiger partial charge in [-0.1, -0.05) is 0 Å². The number of hydrogen-bond donors (Lipinski definition) is 2. The van der Waals surface area contributed by atoms with Crippen LogP contribution in [0.2, 0.25) is 0 Å². The standard InChI is InChI=1S/C14H17F4N3O/c15-9-1-2-12(11(16)7-9)20-14(22)19-10-3-5-21(6-4-10)8-13(17)18/h1-2,7,10,13H,3-6,8H2,(H2,19,20,22). The molecule has 1 aliphatic heterocycles. The zero-order valence-corrected chi connectivity index (χ0v) is 11.8. The van der Waals surface area contributed by atoms with E-state index in [-0.39, 0.29) is 18.3 Å². The van der Waals surface area contributed by atoms with Gasteiger partial charge in [-0.3, -0.25) is 4.90 Å². The molecule has 0 radical (unpaired) electrons. The molecule has 0 aliphatic carbocycles. The predicted octanol–water partition coefficient (Wildman–Crippen LogP) is 2.82. The Balaban J connectivity index is 1.78. The number of carbonyl (C=O) groups excluding carboxylic acids is 1. The highest BCUT2D eigenvalue weighted by Gasteiger charge is 2.22. The number of hydrogen-bond acceptors (Lipinski definition) is 2. The number of piperidine rings is 1. The quantitative estimate of drug-likeness (QED) is 0.838. The first-order valence-corrected chi connectivity index (χ1v) is 6.97. The van der Waals surface area contributed by atoms with Gasteiger partial charge in [0.05, 0.1) is 12.2 Å². The van der Waals surface area contributed by atoms with Crippen LogP contribution in [0, 0.1) is 11.6 Å². The third-order valence-electron chi connectivity index (χ3n) is 3.50. The average Bonchev–Trinajstić information content (AvgIpc) is 2.43. The number of carbonyl (C=O) groups is 1. The molecule has 1 fully saturated rings. The maximum Gasteiger partial charge on any atom is 0.319 e. The van der Waals surface area contributed by atoms with Gasteiger partial charge < -0.3 is 10.6 Å². The van der Waals surface area contributed by atoms with Crippen LogP contribution in [0.4, 0.5) is 28.0 Å². The Kier molecular flexibility index (Phi) is 5.59. The Morgan fingerprint density at radius 2 is 1.95 bits per heavy atom. The van der Waals surface area contributed by atoms with Crippen molar-refractivity contribution in [2.75, 3.05) is 25.0 Å². The summed E-state index contributed by atoms with van der Waals surface area (Å²) in [5, 5.41) is 4.96. The number of urea groups is 1. The van der Waals surface area contributed by atoms with Gasteiger partial charge in [0, 0.05) is 25.2 Å². The van der Waals surface area contributed by atoms with E-state index >= 15 is 0 Å². The lowest BCUT2D eigenvalue weighted by atomic mass is 10.1. The van der Waals surface area contributed by atoms with Gasteiger partial charge in [0.2, 0.25) is 0 Å². The first-order chi connectivity index (χ1) is 10.4. The monoisotopic (exact) mass is 319 g/mol. The fourth-order valence-electron chi connectivity index (χ4n) is 2.39. The first-order valence-electron chi connectivity index (χ1n) is 6.97. The van der Waals surface area contributed by atoms with Crippen LogP contribution >= 0.6 is 0 Å². The van der Waals surface area contributed by atoms with Gasteiger partial charge in [0.1, 0.15) is 11.6 Å². The molecule has 0 bridgehead atoms. The summed E-state index contributed by atoms with van der Waals surface area (Å²) in [7, 11) is 0. The molecule has 2 amide bonds. The second-order valence-corrected chi connectivity index (χ2v) is 5.19. The second-order valence-electron chi connectivity index (χ2n) is 5.19. The molecule has 1 aromatic rings. The average molecular weight is 319 g/mol. The predicted molar refractivity (Wildman–Crippen MR) is 74.0 cm³/mol. The van der Waals surface area contributed by atoms with Gasteiger partial charge in [0.15, 0.2) is 0 Å². The van der Waals surface area contributed by atoms with Crippen molar-refractivity contribution in [3.8, 4) is 0 Å². The number of halogens is 4. The smallest absolute Gasteiger partial charge is 0.319 e. The molecule has 0 unspecified atom stereocenters. The van der Waals surface area contributed by atoms with Gasteiger partial charge in [-0.2, -0.15) is 0 Å². The van der Waals surface area contributed by atoms with Crippen LogP contribution in [0.1, 0.15) is 12.8 Å². The lowest BCUT2D eigenvalue weighted by Crippen LogP contribution is -2.46. The number of benzene rings is 1. The van der Waals surface area contributed by atoms with Gasteiger partial charge >= 0.3 is 6.03 Å². The Hall–Kier alpha value is -1.83. The molecular formula is C14H17F4N3O. The highest BCUT2D eigenvalue weighted by molar-refractivity contribution is 5.89. The molecular weight excluding hydrogens is 302 g/mol. The first kappa shape index (κ1) is 16.5.